The lowest BCUT2D eigenvalue weighted by atomic mass is 10.1. The first-order valence-corrected chi connectivity index (χ1v) is 7.91. The second kappa shape index (κ2) is 7.94. The third kappa shape index (κ3) is 4.24. The van der Waals surface area contributed by atoms with E-state index >= 15 is 0 Å². The minimum Gasteiger partial charge on any atom is -0.462 e. The average Bonchev–Trinajstić information content (AvgIpc) is 2.87. The quantitative estimate of drug-likeness (QED) is 0.625. The molecule has 0 fully saturated rings. The van der Waals surface area contributed by atoms with Crippen LogP contribution in [0.25, 0.3) is 0 Å². The van der Waals surface area contributed by atoms with E-state index in [1.165, 1.54) is 18.3 Å². The zero-order valence-corrected chi connectivity index (χ0v) is 14.8. The number of ketones is 1. The van der Waals surface area contributed by atoms with Gasteiger partial charge < -0.3 is 14.5 Å². The Bertz CT molecular complexity index is 828. The highest BCUT2D eigenvalue weighted by Crippen LogP contribution is 2.20. The van der Waals surface area contributed by atoms with Gasteiger partial charge in [0.05, 0.1) is 17.9 Å². The van der Waals surface area contributed by atoms with Crippen molar-refractivity contribution in [3.8, 4) is 0 Å². The molecule has 7 nitrogen and oxygen atoms in total. The Morgan fingerprint density at radius 2 is 1.92 bits per heavy atom. The van der Waals surface area contributed by atoms with Crippen molar-refractivity contribution in [3.63, 3.8) is 0 Å². The summed E-state index contributed by atoms with van der Waals surface area (Å²) in [5, 5.41) is 0.336. The number of hydrogen-bond donors (Lipinski definition) is 1. The van der Waals surface area contributed by atoms with Crippen molar-refractivity contribution in [2.75, 3.05) is 13.2 Å². The van der Waals surface area contributed by atoms with Crippen LogP contribution in [0.5, 0.6) is 0 Å². The molecule has 8 heteroatoms. The van der Waals surface area contributed by atoms with Crippen LogP contribution in [0.4, 0.5) is 0 Å². The molecule has 1 N–H and O–H groups in total. The number of rotatable bonds is 6. The Morgan fingerprint density at radius 3 is 2.56 bits per heavy atom. The summed E-state index contributed by atoms with van der Waals surface area (Å²) in [5.74, 6) is -1.73. The van der Waals surface area contributed by atoms with Crippen LogP contribution >= 0.6 is 11.6 Å². The van der Waals surface area contributed by atoms with Crippen molar-refractivity contribution in [1.29, 1.82) is 0 Å². The van der Waals surface area contributed by atoms with Crippen LogP contribution in [-0.4, -0.2) is 40.9 Å². The molecule has 0 aromatic carbocycles. The molecule has 0 saturated carbocycles. The van der Waals surface area contributed by atoms with Gasteiger partial charge in [0.15, 0.2) is 6.61 Å². The van der Waals surface area contributed by atoms with Gasteiger partial charge >= 0.3 is 11.9 Å². The second-order valence-corrected chi connectivity index (χ2v) is 5.64. The third-order valence-corrected chi connectivity index (χ3v) is 3.70. The number of hydrogen-bond acceptors (Lipinski definition) is 6. The van der Waals surface area contributed by atoms with Gasteiger partial charge in [0.1, 0.15) is 5.69 Å². The van der Waals surface area contributed by atoms with Crippen molar-refractivity contribution in [1.82, 2.24) is 9.97 Å². The first-order valence-electron chi connectivity index (χ1n) is 7.53. The lowest BCUT2D eigenvalue weighted by Crippen LogP contribution is -2.16. The molecular weight excluding hydrogens is 348 g/mol. The number of pyridine rings is 1. The summed E-state index contributed by atoms with van der Waals surface area (Å²) in [6.45, 7) is 4.73. The smallest absolute Gasteiger partial charge is 0.357 e. The average molecular weight is 365 g/mol. The molecule has 2 aromatic rings. The Balaban J connectivity index is 2.10. The minimum atomic E-state index is -0.762. The van der Waals surface area contributed by atoms with Crippen LogP contribution in [0, 0.1) is 13.8 Å². The summed E-state index contributed by atoms with van der Waals surface area (Å²) in [6.07, 6.45) is 1.37. The molecule has 0 aliphatic rings. The maximum atomic E-state index is 12.3. The largest absolute Gasteiger partial charge is 0.462 e. The zero-order valence-electron chi connectivity index (χ0n) is 14.0. The van der Waals surface area contributed by atoms with Crippen molar-refractivity contribution in [2.24, 2.45) is 0 Å². The highest BCUT2D eigenvalue weighted by Gasteiger charge is 2.23. The Kier molecular flexibility index (Phi) is 5.93. The second-order valence-electron chi connectivity index (χ2n) is 5.20. The van der Waals surface area contributed by atoms with E-state index in [1.54, 1.807) is 20.8 Å². The molecule has 2 aromatic heterocycles. The monoisotopic (exact) mass is 364 g/mol. The highest BCUT2D eigenvalue weighted by atomic mass is 35.5. The number of carbonyl (C=O) groups is 3. The Labute approximate surface area is 149 Å². The van der Waals surface area contributed by atoms with Gasteiger partial charge in [0.25, 0.3) is 0 Å². The summed E-state index contributed by atoms with van der Waals surface area (Å²) in [4.78, 5) is 42.8. The third-order valence-electron chi connectivity index (χ3n) is 3.46. The molecular formula is C17H17ClN2O5. The summed E-state index contributed by atoms with van der Waals surface area (Å²) in [6, 6.07) is 2.86. The van der Waals surface area contributed by atoms with E-state index in [1.807, 2.05) is 0 Å². The number of nitrogens with zero attached hydrogens (tertiary/aromatic N) is 1. The fraction of sp³-hybridized carbons (Fsp3) is 0.294. The summed E-state index contributed by atoms with van der Waals surface area (Å²) in [7, 11) is 0. The van der Waals surface area contributed by atoms with E-state index in [4.69, 9.17) is 21.1 Å². The molecule has 0 aliphatic heterocycles. The SMILES string of the molecule is CCOC(=O)c1c(C)[nH]c(C(=O)COC(=O)c2cc(Cl)ccn2)c1C. The van der Waals surface area contributed by atoms with Gasteiger partial charge in [0.2, 0.25) is 5.78 Å². The first-order chi connectivity index (χ1) is 11.8. The number of carbonyl (C=O) groups excluding carboxylic acids is 3. The number of aromatic amines is 1. The van der Waals surface area contributed by atoms with Gasteiger partial charge in [-0.05, 0) is 38.5 Å². The predicted molar refractivity (Wildman–Crippen MR) is 90.1 cm³/mol. The number of ether oxygens (including phenoxy) is 2. The molecule has 0 saturated heterocycles. The maximum absolute atomic E-state index is 12.3. The van der Waals surface area contributed by atoms with Gasteiger partial charge in [0, 0.05) is 16.9 Å². The van der Waals surface area contributed by atoms with Crippen molar-refractivity contribution < 1.29 is 23.9 Å². The standard InChI is InChI=1S/C17H17ClN2O5/c1-4-24-17(23)14-9(2)15(20-10(14)3)13(21)8-25-16(22)12-7-11(18)5-6-19-12/h5-7,20H,4,8H2,1-3H3. The summed E-state index contributed by atoms with van der Waals surface area (Å²) in [5.41, 5.74) is 1.49. The van der Waals surface area contributed by atoms with E-state index in [-0.39, 0.29) is 18.0 Å². The van der Waals surface area contributed by atoms with E-state index in [2.05, 4.69) is 9.97 Å². The molecule has 2 rings (SSSR count). The molecule has 0 unspecified atom stereocenters. The molecule has 0 atom stereocenters. The topological polar surface area (TPSA) is 98.4 Å². The lowest BCUT2D eigenvalue weighted by molar-refractivity contribution is 0.0466. The molecule has 0 bridgehead atoms. The van der Waals surface area contributed by atoms with Crippen LogP contribution in [0.15, 0.2) is 18.3 Å². The van der Waals surface area contributed by atoms with Gasteiger partial charge in [-0.2, -0.15) is 0 Å². The van der Waals surface area contributed by atoms with Gasteiger partial charge in [-0.25, -0.2) is 14.6 Å². The highest BCUT2D eigenvalue weighted by molar-refractivity contribution is 6.30. The molecule has 0 aliphatic carbocycles. The molecule has 25 heavy (non-hydrogen) atoms. The number of Topliss-reactive ketones (excluding diaryl/α,β-unsaturated/α-hetero) is 1. The Hall–Kier alpha value is -2.67. The van der Waals surface area contributed by atoms with E-state index < -0.39 is 24.3 Å². The maximum Gasteiger partial charge on any atom is 0.357 e. The number of nitrogens with one attached hydrogen (secondary N) is 1. The lowest BCUT2D eigenvalue weighted by Gasteiger charge is -2.04. The van der Waals surface area contributed by atoms with E-state index in [0.717, 1.165) is 0 Å². The summed E-state index contributed by atoms with van der Waals surface area (Å²) >= 11 is 5.78. The molecule has 0 amide bonds. The van der Waals surface area contributed by atoms with Gasteiger partial charge in [-0.3, -0.25) is 4.79 Å². The molecule has 0 radical (unpaired) electrons. The number of halogens is 1. The van der Waals surface area contributed by atoms with E-state index in [9.17, 15) is 14.4 Å². The molecule has 132 valence electrons. The van der Waals surface area contributed by atoms with Crippen LogP contribution in [0.1, 0.15) is 49.5 Å². The molecule has 2 heterocycles. The van der Waals surface area contributed by atoms with Crippen molar-refractivity contribution >= 4 is 29.3 Å². The zero-order chi connectivity index (χ0) is 18.6. The van der Waals surface area contributed by atoms with Crippen LogP contribution in [0.2, 0.25) is 5.02 Å². The normalized spacial score (nSPS) is 10.4. The first kappa shape index (κ1) is 18.7. The fourth-order valence-electron chi connectivity index (χ4n) is 2.33. The van der Waals surface area contributed by atoms with Crippen molar-refractivity contribution in [3.05, 3.63) is 51.6 Å². The predicted octanol–water partition coefficient (Wildman–Crippen LogP) is 2.90. The Morgan fingerprint density at radius 1 is 1.20 bits per heavy atom. The van der Waals surface area contributed by atoms with Crippen LogP contribution < -0.4 is 0 Å². The number of aromatic nitrogens is 2. The van der Waals surface area contributed by atoms with Gasteiger partial charge in [-0.15, -0.1) is 0 Å². The minimum absolute atomic E-state index is 0.00639. The van der Waals surface area contributed by atoms with Crippen molar-refractivity contribution in [2.45, 2.75) is 20.8 Å². The number of aryl methyl sites for hydroxylation is 1. The summed E-state index contributed by atoms with van der Waals surface area (Å²) < 4.78 is 9.94. The number of H-pyrrole nitrogens is 1. The van der Waals surface area contributed by atoms with Crippen LogP contribution in [0.3, 0.4) is 0 Å². The fourth-order valence-corrected chi connectivity index (χ4v) is 2.49. The number of esters is 2. The van der Waals surface area contributed by atoms with Gasteiger partial charge in [-0.1, -0.05) is 11.6 Å². The molecule has 0 spiro atoms. The van der Waals surface area contributed by atoms with E-state index in [0.29, 0.717) is 21.8 Å². The van der Waals surface area contributed by atoms with Crippen LogP contribution in [-0.2, 0) is 9.47 Å².